The standard InChI is InChI=1S/C13H15Br2F2NO/c1-8(7-14)3-2-4-18-13(19)12-10(16)5-9(15)6-11(12)17/h5-6,8H,2-4,7H2,1H3,(H,18,19). The minimum absolute atomic E-state index is 0.269. The molecule has 0 heterocycles. The number of carbonyl (C=O) groups is 1. The van der Waals surface area contributed by atoms with Gasteiger partial charge in [0.2, 0.25) is 0 Å². The summed E-state index contributed by atoms with van der Waals surface area (Å²) in [6, 6.07) is 2.15. The van der Waals surface area contributed by atoms with Gasteiger partial charge >= 0.3 is 0 Å². The lowest BCUT2D eigenvalue weighted by molar-refractivity contribution is 0.0944. The van der Waals surface area contributed by atoms with Crippen molar-refractivity contribution in [2.45, 2.75) is 19.8 Å². The zero-order valence-corrected chi connectivity index (χ0v) is 13.7. The Morgan fingerprint density at radius 2 is 1.95 bits per heavy atom. The third-order valence-electron chi connectivity index (χ3n) is 2.66. The normalized spacial score (nSPS) is 12.3. The van der Waals surface area contributed by atoms with Gasteiger partial charge in [0.05, 0.1) is 0 Å². The van der Waals surface area contributed by atoms with Crippen LogP contribution in [0.5, 0.6) is 0 Å². The summed E-state index contributed by atoms with van der Waals surface area (Å²) in [6.07, 6.45) is 1.72. The highest BCUT2D eigenvalue weighted by Gasteiger charge is 2.17. The third-order valence-corrected chi connectivity index (χ3v) is 4.22. The smallest absolute Gasteiger partial charge is 0.257 e. The van der Waals surface area contributed by atoms with Crippen molar-refractivity contribution in [1.82, 2.24) is 5.32 Å². The maximum absolute atomic E-state index is 13.5. The molecule has 0 aliphatic rings. The Bertz CT molecular complexity index is 431. The zero-order chi connectivity index (χ0) is 14.4. The van der Waals surface area contributed by atoms with Crippen LogP contribution in [0, 0.1) is 17.6 Å². The highest BCUT2D eigenvalue weighted by molar-refractivity contribution is 9.10. The van der Waals surface area contributed by atoms with E-state index in [9.17, 15) is 13.6 Å². The number of halogens is 4. The average molecular weight is 399 g/mol. The number of nitrogens with one attached hydrogen (secondary N) is 1. The molecule has 0 bridgehead atoms. The van der Waals surface area contributed by atoms with Gasteiger partial charge in [-0.3, -0.25) is 4.79 Å². The van der Waals surface area contributed by atoms with Gasteiger partial charge in [0.1, 0.15) is 17.2 Å². The Hall–Kier alpha value is -0.490. The summed E-state index contributed by atoms with van der Waals surface area (Å²) in [5.41, 5.74) is -0.531. The molecule has 106 valence electrons. The Labute approximate surface area is 128 Å². The van der Waals surface area contributed by atoms with Crippen molar-refractivity contribution in [3.05, 3.63) is 33.8 Å². The lowest BCUT2D eigenvalue weighted by atomic mass is 10.1. The molecule has 19 heavy (non-hydrogen) atoms. The SMILES string of the molecule is CC(CBr)CCCNC(=O)c1c(F)cc(Br)cc1F. The van der Waals surface area contributed by atoms with E-state index in [1.807, 2.05) is 0 Å². The first-order valence-electron chi connectivity index (χ1n) is 5.94. The molecule has 1 rings (SSSR count). The summed E-state index contributed by atoms with van der Waals surface area (Å²) in [4.78, 5) is 11.7. The zero-order valence-electron chi connectivity index (χ0n) is 10.5. The molecule has 1 aromatic rings. The number of carbonyl (C=O) groups excluding carboxylic acids is 1. The van der Waals surface area contributed by atoms with Crippen LogP contribution in [-0.4, -0.2) is 17.8 Å². The van der Waals surface area contributed by atoms with E-state index in [1.54, 1.807) is 0 Å². The van der Waals surface area contributed by atoms with Crippen LogP contribution in [-0.2, 0) is 0 Å². The number of benzene rings is 1. The number of rotatable bonds is 6. The topological polar surface area (TPSA) is 29.1 Å². The first-order chi connectivity index (χ1) is 8.95. The van der Waals surface area contributed by atoms with Crippen molar-refractivity contribution in [2.24, 2.45) is 5.92 Å². The second-order valence-corrected chi connectivity index (χ2v) is 5.97. The fourth-order valence-electron chi connectivity index (χ4n) is 1.58. The van der Waals surface area contributed by atoms with Gasteiger partial charge in [-0.25, -0.2) is 8.78 Å². The second-order valence-electron chi connectivity index (χ2n) is 4.40. The summed E-state index contributed by atoms with van der Waals surface area (Å²) in [5.74, 6) is -1.93. The predicted octanol–water partition coefficient (Wildman–Crippen LogP) is 4.27. The van der Waals surface area contributed by atoms with E-state index in [2.05, 4.69) is 44.1 Å². The molecule has 0 aromatic heterocycles. The fraction of sp³-hybridized carbons (Fsp3) is 0.462. The molecule has 2 nitrogen and oxygen atoms in total. The number of amides is 1. The maximum Gasteiger partial charge on any atom is 0.257 e. The van der Waals surface area contributed by atoms with Crippen LogP contribution in [0.25, 0.3) is 0 Å². The van der Waals surface area contributed by atoms with Crippen molar-refractivity contribution in [2.75, 3.05) is 11.9 Å². The molecule has 0 spiro atoms. The minimum Gasteiger partial charge on any atom is -0.352 e. The van der Waals surface area contributed by atoms with Crippen molar-refractivity contribution in [3.8, 4) is 0 Å². The molecule has 0 fully saturated rings. The van der Waals surface area contributed by atoms with Gasteiger partial charge < -0.3 is 5.32 Å². The first-order valence-corrected chi connectivity index (χ1v) is 7.85. The van der Waals surface area contributed by atoms with E-state index < -0.39 is 23.1 Å². The predicted molar refractivity (Wildman–Crippen MR) is 78.6 cm³/mol. The maximum atomic E-state index is 13.5. The molecule has 1 atom stereocenters. The Morgan fingerprint density at radius 1 is 1.37 bits per heavy atom. The quantitative estimate of drug-likeness (QED) is 0.562. The highest BCUT2D eigenvalue weighted by atomic mass is 79.9. The number of alkyl halides is 1. The van der Waals surface area contributed by atoms with Gasteiger partial charge in [0, 0.05) is 16.3 Å². The number of hydrogen-bond donors (Lipinski definition) is 1. The van der Waals surface area contributed by atoms with Gasteiger partial charge in [-0.15, -0.1) is 0 Å². The Kier molecular flexibility index (Phi) is 6.93. The van der Waals surface area contributed by atoms with Gasteiger partial charge in [-0.05, 0) is 30.9 Å². The van der Waals surface area contributed by atoms with Crippen molar-refractivity contribution < 1.29 is 13.6 Å². The van der Waals surface area contributed by atoms with E-state index in [-0.39, 0.29) is 4.47 Å². The van der Waals surface area contributed by atoms with Gasteiger partial charge in [0.15, 0.2) is 0 Å². The van der Waals surface area contributed by atoms with Gasteiger partial charge in [0.25, 0.3) is 5.91 Å². The van der Waals surface area contributed by atoms with Crippen LogP contribution in [0.2, 0.25) is 0 Å². The van der Waals surface area contributed by atoms with E-state index in [4.69, 9.17) is 0 Å². The average Bonchev–Trinajstić information content (AvgIpc) is 2.33. The van der Waals surface area contributed by atoms with E-state index in [1.165, 1.54) is 0 Å². The van der Waals surface area contributed by atoms with E-state index in [0.717, 1.165) is 30.3 Å². The molecule has 0 aliphatic heterocycles. The van der Waals surface area contributed by atoms with Crippen LogP contribution in [0.3, 0.4) is 0 Å². The van der Waals surface area contributed by atoms with E-state index in [0.29, 0.717) is 12.5 Å². The van der Waals surface area contributed by atoms with Gasteiger partial charge in [-0.1, -0.05) is 38.8 Å². The Balaban J connectivity index is 2.55. The van der Waals surface area contributed by atoms with Crippen LogP contribution in [0.15, 0.2) is 16.6 Å². The molecule has 1 unspecified atom stereocenters. The molecule has 1 N–H and O–H groups in total. The monoisotopic (exact) mass is 397 g/mol. The van der Waals surface area contributed by atoms with Crippen LogP contribution >= 0.6 is 31.9 Å². The molecular weight excluding hydrogens is 384 g/mol. The fourth-order valence-corrected chi connectivity index (χ4v) is 2.30. The second kappa shape index (κ2) is 7.94. The summed E-state index contributed by atoms with van der Waals surface area (Å²) < 4.78 is 27.3. The number of hydrogen-bond acceptors (Lipinski definition) is 1. The van der Waals surface area contributed by atoms with Gasteiger partial charge in [-0.2, -0.15) is 0 Å². The lowest BCUT2D eigenvalue weighted by Crippen LogP contribution is -2.26. The van der Waals surface area contributed by atoms with Crippen molar-refractivity contribution >= 4 is 37.8 Å². The molecule has 1 amide bonds. The van der Waals surface area contributed by atoms with Crippen LogP contribution in [0.4, 0.5) is 8.78 Å². The summed E-state index contributed by atoms with van der Waals surface area (Å²) in [6.45, 7) is 2.50. The molecule has 0 radical (unpaired) electrons. The summed E-state index contributed by atoms with van der Waals surface area (Å²) in [7, 11) is 0. The lowest BCUT2D eigenvalue weighted by Gasteiger charge is -2.09. The minimum atomic E-state index is -0.863. The third kappa shape index (κ3) is 5.18. The first kappa shape index (κ1) is 16.6. The van der Waals surface area contributed by atoms with Crippen molar-refractivity contribution in [3.63, 3.8) is 0 Å². The molecule has 0 saturated heterocycles. The van der Waals surface area contributed by atoms with Crippen LogP contribution in [0.1, 0.15) is 30.1 Å². The molecule has 0 saturated carbocycles. The Morgan fingerprint density at radius 3 is 2.47 bits per heavy atom. The van der Waals surface area contributed by atoms with Crippen molar-refractivity contribution in [1.29, 1.82) is 0 Å². The van der Waals surface area contributed by atoms with E-state index >= 15 is 0 Å². The highest BCUT2D eigenvalue weighted by Crippen LogP contribution is 2.19. The molecule has 0 aliphatic carbocycles. The van der Waals surface area contributed by atoms with Crippen LogP contribution < -0.4 is 5.32 Å². The molecule has 6 heteroatoms. The summed E-state index contributed by atoms with van der Waals surface area (Å²) >= 11 is 6.34. The largest absolute Gasteiger partial charge is 0.352 e. The summed E-state index contributed by atoms with van der Waals surface area (Å²) in [5, 5.41) is 3.43. The molecule has 1 aromatic carbocycles. The molecular formula is C13H15Br2F2NO.